The number of carbonyl (C=O) groups excluding carboxylic acids is 1. The van der Waals surface area contributed by atoms with E-state index in [2.05, 4.69) is 4.98 Å². The van der Waals surface area contributed by atoms with Gasteiger partial charge in [0, 0.05) is 25.5 Å². The number of likely N-dealkylation sites (tertiary alicyclic amines) is 1. The van der Waals surface area contributed by atoms with Crippen LogP contribution in [0.1, 0.15) is 43.2 Å². The third kappa shape index (κ3) is 3.01. The van der Waals surface area contributed by atoms with Gasteiger partial charge in [0.2, 0.25) is 5.91 Å². The predicted octanol–water partition coefficient (Wildman–Crippen LogP) is 3.23. The van der Waals surface area contributed by atoms with Gasteiger partial charge in [-0.2, -0.15) is 13.2 Å². The zero-order valence-corrected chi connectivity index (χ0v) is 13.6. The molecule has 1 aromatic heterocycles. The first-order valence-corrected chi connectivity index (χ1v) is 8.25. The van der Waals surface area contributed by atoms with Gasteiger partial charge in [-0.15, -0.1) is 0 Å². The van der Waals surface area contributed by atoms with E-state index in [1.165, 1.54) is 12.4 Å². The molecular weight excluding hydrogens is 321 g/mol. The predicted molar refractivity (Wildman–Crippen MR) is 81.3 cm³/mol. The van der Waals surface area contributed by atoms with Crippen LogP contribution in [0.15, 0.2) is 18.5 Å². The number of halogens is 3. The first kappa shape index (κ1) is 17.2. The lowest BCUT2D eigenvalue weighted by Gasteiger charge is -2.44. The molecule has 4 nitrogen and oxygen atoms in total. The monoisotopic (exact) mass is 342 g/mol. The van der Waals surface area contributed by atoms with Crippen LogP contribution in [0.4, 0.5) is 13.2 Å². The Kier molecular flexibility index (Phi) is 4.55. The molecule has 1 aromatic rings. The van der Waals surface area contributed by atoms with Gasteiger partial charge < -0.3 is 9.64 Å². The molecule has 2 fully saturated rings. The zero-order chi connectivity index (χ0) is 17.4. The summed E-state index contributed by atoms with van der Waals surface area (Å²) >= 11 is 0. The number of nitrogens with zero attached hydrogens (tertiary/aromatic N) is 2. The van der Waals surface area contributed by atoms with Crippen molar-refractivity contribution in [2.24, 2.45) is 5.41 Å². The van der Waals surface area contributed by atoms with Crippen LogP contribution in [0.2, 0.25) is 0 Å². The van der Waals surface area contributed by atoms with E-state index >= 15 is 0 Å². The Hall–Kier alpha value is -1.63. The van der Waals surface area contributed by atoms with Gasteiger partial charge in [-0.3, -0.25) is 9.78 Å². The fraction of sp³-hybridized carbons (Fsp3) is 0.647. The van der Waals surface area contributed by atoms with Gasteiger partial charge in [-0.25, -0.2) is 0 Å². The molecule has 132 valence electrons. The van der Waals surface area contributed by atoms with Crippen molar-refractivity contribution < 1.29 is 22.7 Å². The minimum Gasteiger partial charge on any atom is -0.379 e. The maximum Gasteiger partial charge on any atom is 0.416 e. The summed E-state index contributed by atoms with van der Waals surface area (Å²) in [4.78, 5) is 18.3. The second kappa shape index (κ2) is 6.35. The molecule has 0 spiro atoms. The number of hydrogen-bond acceptors (Lipinski definition) is 3. The Morgan fingerprint density at radius 1 is 1.38 bits per heavy atom. The van der Waals surface area contributed by atoms with E-state index < -0.39 is 17.2 Å². The largest absolute Gasteiger partial charge is 0.416 e. The molecule has 0 aliphatic carbocycles. The fourth-order valence-electron chi connectivity index (χ4n) is 3.55. The highest BCUT2D eigenvalue weighted by atomic mass is 19.4. The van der Waals surface area contributed by atoms with Gasteiger partial charge in [-0.05, 0) is 36.8 Å². The summed E-state index contributed by atoms with van der Waals surface area (Å²) < 4.78 is 44.7. The molecule has 3 rings (SSSR count). The molecule has 0 atom stereocenters. The number of alkyl halides is 3. The Bertz CT molecular complexity index is 601. The summed E-state index contributed by atoms with van der Waals surface area (Å²) in [6, 6.07) is 1.03. The molecule has 0 unspecified atom stereocenters. The summed E-state index contributed by atoms with van der Waals surface area (Å²) in [5.74, 6) is -0.133. The molecule has 0 bridgehead atoms. The number of pyridine rings is 1. The lowest BCUT2D eigenvalue weighted by molar-refractivity contribution is -0.174. The normalized spacial score (nSPS) is 21.4. The van der Waals surface area contributed by atoms with Crippen molar-refractivity contribution >= 4 is 5.91 Å². The quantitative estimate of drug-likeness (QED) is 0.847. The smallest absolute Gasteiger partial charge is 0.379 e. The van der Waals surface area contributed by atoms with E-state index in [1.807, 2.05) is 6.92 Å². The third-order valence-electron chi connectivity index (χ3n) is 5.27. The number of hydrogen-bond donors (Lipinski definition) is 0. The molecule has 0 N–H and O–H groups in total. The van der Waals surface area contributed by atoms with Crippen LogP contribution in [0.25, 0.3) is 0 Å². The van der Waals surface area contributed by atoms with Crippen molar-refractivity contribution in [3.8, 4) is 0 Å². The van der Waals surface area contributed by atoms with E-state index in [1.54, 1.807) is 4.90 Å². The average Bonchev–Trinajstić information content (AvgIpc) is 2.54. The van der Waals surface area contributed by atoms with E-state index in [9.17, 15) is 18.0 Å². The highest BCUT2D eigenvalue weighted by Crippen LogP contribution is 2.40. The SMILES string of the molecule is CCC1(C(=O)N2CCC(c3cnccc3C(F)(F)F)CC2)COC1. The zero-order valence-electron chi connectivity index (χ0n) is 13.6. The van der Waals surface area contributed by atoms with Crippen LogP contribution in [-0.4, -0.2) is 42.1 Å². The Balaban J connectivity index is 1.69. The highest BCUT2D eigenvalue weighted by Gasteiger charge is 2.47. The Morgan fingerprint density at radius 2 is 2.04 bits per heavy atom. The number of amides is 1. The van der Waals surface area contributed by atoms with Gasteiger partial charge in [0.05, 0.1) is 24.2 Å². The molecule has 2 aliphatic rings. The maximum atomic E-state index is 13.2. The summed E-state index contributed by atoms with van der Waals surface area (Å²) in [6.07, 6.45) is -0.0967. The van der Waals surface area contributed by atoms with Gasteiger partial charge in [0.1, 0.15) is 0 Å². The minimum absolute atomic E-state index is 0.0805. The number of ether oxygens (including phenoxy) is 1. The molecular formula is C17H21F3N2O2. The second-order valence-electron chi connectivity index (χ2n) is 6.65. The van der Waals surface area contributed by atoms with Gasteiger partial charge in [0.25, 0.3) is 0 Å². The topological polar surface area (TPSA) is 42.4 Å². The molecule has 0 radical (unpaired) electrons. The maximum absolute atomic E-state index is 13.2. The lowest BCUT2D eigenvalue weighted by Crippen LogP contribution is -2.56. The average molecular weight is 342 g/mol. The van der Waals surface area contributed by atoms with Crippen molar-refractivity contribution in [3.05, 3.63) is 29.6 Å². The summed E-state index contributed by atoms with van der Waals surface area (Å²) in [7, 11) is 0. The van der Waals surface area contributed by atoms with Crippen molar-refractivity contribution in [3.63, 3.8) is 0 Å². The number of carbonyl (C=O) groups is 1. The summed E-state index contributed by atoms with van der Waals surface area (Å²) in [5.41, 5.74) is -0.785. The molecule has 3 heterocycles. The first-order valence-electron chi connectivity index (χ1n) is 8.25. The van der Waals surface area contributed by atoms with Crippen LogP contribution in [-0.2, 0) is 15.7 Å². The molecule has 1 amide bonds. The number of aromatic nitrogens is 1. The Morgan fingerprint density at radius 3 is 2.54 bits per heavy atom. The molecule has 2 saturated heterocycles. The summed E-state index contributed by atoms with van der Waals surface area (Å²) in [6.45, 7) is 3.83. The molecule has 24 heavy (non-hydrogen) atoms. The van der Waals surface area contributed by atoms with Gasteiger partial charge in [-0.1, -0.05) is 6.92 Å². The van der Waals surface area contributed by atoms with Crippen LogP contribution in [0, 0.1) is 5.41 Å². The van der Waals surface area contributed by atoms with Crippen molar-refractivity contribution in [2.75, 3.05) is 26.3 Å². The first-order chi connectivity index (χ1) is 11.4. The van der Waals surface area contributed by atoms with Crippen molar-refractivity contribution in [2.45, 2.75) is 38.3 Å². The molecule has 0 saturated carbocycles. The molecule has 0 aromatic carbocycles. The van der Waals surface area contributed by atoms with Crippen LogP contribution in [0.5, 0.6) is 0 Å². The van der Waals surface area contributed by atoms with E-state index in [0.717, 1.165) is 12.5 Å². The lowest BCUT2D eigenvalue weighted by atomic mass is 9.80. The van der Waals surface area contributed by atoms with Crippen molar-refractivity contribution in [1.82, 2.24) is 9.88 Å². The van der Waals surface area contributed by atoms with Crippen LogP contribution in [0.3, 0.4) is 0 Å². The van der Waals surface area contributed by atoms with Crippen LogP contribution >= 0.6 is 0 Å². The van der Waals surface area contributed by atoms with Crippen LogP contribution < -0.4 is 0 Å². The minimum atomic E-state index is -4.37. The summed E-state index contributed by atoms with van der Waals surface area (Å²) in [5, 5.41) is 0. The molecule has 7 heteroatoms. The third-order valence-corrected chi connectivity index (χ3v) is 5.27. The van der Waals surface area contributed by atoms with Gasteiger partial charge in [0.15, 0.2) is 0 Å². The molecule has 2 aliphatic heterocycles. The standard InChI is InChI=1S/C17H21F3N2O2/c1-2-16(10-24-11-16)15(23)22-7-4-12(5-8-22)13-9-21-6-3-14(13)17(18,19)20/h3,6,9,12H,2,4-5,7-8,10-11H2,1H3. The van der Waals surface area contributed by atoms with E-state index in [0.29, 0.717) is 39.1 Å². The number of rotatable bonds is 3. The fourth-order valence-corrected chi connectivity index (χ4v) is 3.55. The Labute approximate surface area is 139 Å². The highest BCUT2D eigenvalue weighted by molar-refractivity contribution is 5.84. The van der Waals surface area contributed by atoms with E-state index in [-0.39, 0.29) is 17.4 Å². The second-order valence-corrected chi connectivity index (χ2v) is 6.65. The number of piperidine rings is 1. The van der Waals surface area contributed by atoms with Crippen molar-refractivity contribution in [1.29, 1.82) is 0 Å². The van der Waals surface area contributed by atoms with E-state index in [4.69, 9.17) is 4.74 Å². The van der Waals surface area contributed by atoms with Gasteiger partial charge >= 0.3 is 6.18 Å².